The number of carbonyl (C=O) groups is 2. The Kier molecular flexibility index (Phi) is 5.12. The van der Waals surface area contributed by atoms with Crippen molar-refractivity contribution >= 4 is 23.1 Å². The Balaban J connectivity index is 1.56. The number of para-hydroxylation sites is 1. The van der Waals surface area contributed by atoms with Crippen molar-refractivity contribution in [1.82, 2.24) is 0 Å². The molecular formula is C20H21FN2O2. The molecule has 0 unspecified atom stereocenters. The number of hydrogen-bond acceptors (Lipinski definition) is 3. The second-order valence-corrected chi connectivity index (χ2v) is 6.34. The number of nitrogens with zero attached hydrogens (tertiary/aromatic N) is 1. The predicted molar refractivity (Wildman–Crippen MR) is 96.4 cm³/mol. The molecule has 4 nitrogen and oxygen atoms in total. The van der Waals surface area contributed by atoms with Gasteiger partial charge in [0.15, 0.2) is 5.78 Å². The number of nitrogens with one attached hydrogen (secondary N) is 1. The number of rotatable bonds is 4. The van der Waals surface area contributed by atoms with E-state index in [2.05, 4.69) is 5.32 Å². The summed E-state index contributed by atoms with van der Waals surface area (Å²) in [4.78, 5) is 25.7. The minimum atomic E-state index is -0.226. The van der Waals surface area contributed by atoms with Gasteiger partial charge in [0.25, 0.3) is 0 Å². The highest BCUT2D eigenvalue weighted by atomic mass is 19.1. The van der Waals surface area contributed by atoms with Gasteiger partial charge in [0.1, 0.15) is 5.82 Å². The van der Waals surface area contributed by atoms with E-state index in [0.717, 1.165) is 0 Å². The second kappa shape index (κ2) is 7.47. The van der Waals surface area contributed by atoms with Crippen LogP contribution in [0.2, 0.25) is 0 Å². The molecule has 5 heteroatoms. The van der Waals surface area contributed by atoms with E-state index in [1.165, 1.54) is 13.0 Å². The predicted octanol–water partition coefficient (Wildman–Crippen LogP) is 3.88. The Morgan fingerprint density at radius 2 is 1.68 bits per heavy atom. The standard InChI is InChI=1S/C20H21FN2O2/c1-14(24)15-6-8-17(9-7-15)22-20(25)16-10-12-23(13-11-16)19-5-3-2-4-18(19)21/h2-9,16H,10-13H2,1H3,(H,22,25). The van der Waals surface area contributed by atoms with E-state index < -0.39 is 0 Å². The second-order valence-electron chi connectivity index (χ2n) is 6.34. The molecule has 0 aliphatic carbocycles. The Morgan fingerprint density at radius 3 is 2.28 bits per heavy atom. The van der Waals surface area contributed by atoms with Crippen LogP contribution in [0.25, 0.3) is 0 Å². The first-order valence-electron chi connectivity index (χ1n) is 8.46. The normalized spacial score (nSPS) is 15.0. The number of anilines is 2. The quantitative estimate of drug-likeness (QED) is 0.859. The van der Waals surface area contributed by atoms with Crippen molar-refractivity contribution in [2.24, 2.45) is 5.92 Å². The van der Waals surface area contributed by atoms with Gasteiger partial charge < -0.3 is 10.2 Å². The average molecular weight is 340 g/mol. The van der Waals surface area contributed by atoms with Gasteiger partial charge in [0, 0.05) is 30.3 Å². The maximum absolute atomic E-state index is 13.9. The summed E-state index contributed by atoms with van der Waals surface area (Å²) < 4.78 is 13.9. The first kappa shape index (κ1) is 17.1. The molecule has 2 aromatic carbocycles. The van der Waals surface area contributed by atoms with Crippen molar-refractivity contribution in [3.8, 4) is 0 Å². The molecule has 1 aliphatic rings. The van der Waals surface area contributed by atoms with Gasteiger partial charge in [-0.3, -0.25) is 9.59 Å². The van der Waals surface area contributed by atoms with Gasteiger partial charge in [0.05, 0.1) is 5.69 Å². The SMILES string of the molecule is CC(=O)c1ccc(NC(=O)C2CCN(c3ccccc3F)CC2)cc1. The van der Waals surface area contributed by atoms with E-state index in [-0.39, 0.29) is 23.4 Å². The van der Waals surface area contributed by atoms with Gasteiger partial charge in [-0.15, -0.1) is 0 Å². The number of ketones is 1. The van der Waals surface area contributed by atoms with E-state index in [4.69, 9.17) is 0 Å². The molecule has 1 heterocycles. The van der Waals surface area contributed by atoms with Gasteiger partial charge in [-0.05, 0) is 56.2 Å². The molecule has 0 aromatic heterocycles. The van der Waals surface area contributed by atoms with E-state index in [1.54, 1.807) is 36.4 Å². The Bertz CT molecular complexity index is 766. The molecule has 0 spiro atoms. The smallest absolute Gasteiger partial charge is 0.227 e. The van der Waals surface area contributed by atoms with Crippen LogP contribution in [0.5, 0.6) is 0 Å². The number of carbonyl (C=O) groups excluding carboxylic acids is 2. The van der Waals surface area contributed by atoms with Gasteiger partial charge >= 0.3 is 0 Å². The topological polar surface area (TPSA) is 49.4 Å². The van der Waals surface area contributed by atoms with Crippen LogP contribution in [0.3, 0.4) is 0 Å². The van der Waals surface area contributed by atoms with Crippen LogP contribution in [0.1, 0.15) is 30.1 Å². The van der Waals surface area contributed by atoms with Crippen molar-refractivity contribution in [2.45, 2.75) is 19.8 Å². The average Bonchev–Trinajstić information content (AvgIpc) is 2.63. The van der Waals surface area contributed by atoms with E-state index >= 15 is 0 Å². The van der Waals surface area contributed by atoms with Crippen molar-refractivity contribution in [2.75, 3.05) is 23.3 Å². The van der Waals surface area contributed by atoms with Crippen LogP contribution in [-0.4, -0.2) is 24.8 Å². The van der Waals surface area contributed by atoms with Gasteiger partial charge in [-0.25, -0.2) is 4.39 Å². The monoisotopic (exact) mass is 340 g/mol. The third-order valence-electron chi connectivity index (χ3n) is 4.62. The lowest BCUT2D eigenvalue weighted by atomic mass is 9.95. The maximum atomic E-state index is 13.9. The van der Waals surface area contributed by atoms with Crippen LogP contribution in [0, 0.1) is 11.7 Å². The summed E-state index contributed by atoms with van der Waals surface area (Å²) in [6.45, 7) is 2.82. The van der Waals surface area contributed by atoms with Crippen molar-refractivity contribution in [1.29, 1.82) is 0 Å². The molecule has 0 radical (unpaired) electrons. The molecule has 0 saturated carbocycles. The van der Waals surface area contributed by atoms with Crippen LogP contribution < -0.4 is 10.2 Å². The summed E-state index contributed by atoms with van der Waals surface area (Å²) in [5.41, 5.74) is 1.91. The Hall–Kier alpha value is -2.69. The van der Waals surface area contributed by atoms with Crippen molar-refractivity contribution < 1.29 is 14.0 Å². The Morgan fingerprint density at radius 1 is 1.04 bits per heavy atom. The maximum Gasteiger partial charge on any atom is 0.227 e. The van der Waals surface area contributed by atoms with Gasteiger partial charge in [-0.1, -0.05) is 12.1 Å². The van der Waals surface area contributed by atoms with Gasteiger partial charge in [0.2, 0.25) is 5.91 Å². The third kappa shape index (κ3) is 4.05. The highest BCUT2D eigenvalue weighted by molar-refractivity contribution is 5.96. The molecule has 2 aromatic rings. The summed E-state index contributed by atoms with van der Waals surface area (Å²) in [6.07, 6.45) is 1.37. The minimum Gasteiger partial charge on any atom is -0.369 e. The first-order chi connectivity index (χ1) is 12.0. The first-order valence-corrected chi connectivity index (χ1v) is 8.46. The molecule has 1 saturated heterocycles. The largest absolute Gasteiger partial charge is 0.369 e. The minimum absolute atomic E-state index is 0.00149. The molecule has 1 amide bonds. The molecule has 25 heavy (non-hydrogen) atoms. The molecule has 1 aliphatic heterocycles. The molecule has 1 N–H and O–H groups in total. The third-order valence-corrected chi connectivity index (χ3v) is 4.62. The summed E-state index contributed by atoms with van der Waals surface area (Å²) in [5, 5.41) is 2.90. The molecule has 0 bridgehead atoms. The fraction of sp³-hybridized carbons (Fsp3) is 0.300. The van der Waals surface area contributed by atoms with Crippen LogP contribution >= 0.6 is 0 Å². The molecule has 3 rings (SSSR count). The summed E-state index contributed by atoms with van der Waals surface area (Å²) >= 11 is 0. The number of halogens is 1. The zero-order valence-corrected chi connectivity index (χ0v) is 14.2. The molecule has 130 valence electrons. The summed E-state index contributed by atoms with van der Waals surface area (Å²) in [7, 11) is 0. The van der Waals surface area contributed by atoms with Crippen LogP contribution in [-0.2, 0) is 4.79 Å². The van der Waals surface area contributed by atoms with E-state index in [9.17, 15) is 14.0 Å². The highest BCUT2D eigenvalue weighted by Crippen LogP contribution is 2.26. The van der Waals surface area contributed by atoms with Crippen LogP contribution in [0.15, 0.2) is 48.5 Å². The number of benzene rings is 2. The molecular weight excluding hydrogens is 319 g/mol. The van der Waals surface area contributed by atoms with Crippen molar-refractivity contribution in [3.63, 3.8) is 0 Å². The van der Waals surface area contributed by atoms with Gasteiger partial charge in [-0.2, -0.15) is 0 Å². The lowest BCUT2D eigenvalue weighted by molar-refractivity contribution is -0.120. The van der Waals surface area contributed by atoms with E-state index in [0.29, 0.717) is 42.9 Å². The fourth-order valence-electron chi connectivity index (χ4n) is 3.12. The highest BCUT2D eigenvalue weighted by Gasteiger charge is 2.26. The summed E-state index contributed by atoms with van der Waals surface area (Å²) in [6, 6.07) is 13.6. The molecule has 1 fully saturated rings. The number of hydrogen-bond donors (Lipinski definition) is 1. The number of amides is 1. The number of Topliss-reactive ketones (excluding diaryl/α,β-unsaturated/α-hetero) is 1. The number of piperidine rings is 1. The molecule has 0 atom stereocenters. The zero-order chi connectivity index (χ0) is 17.8. The summed E-state index contributed by atoms with van der Waals surface area (Å²) in [5.74, 6) is -0.339. The van der Waals surface area contributed by atoms with Crippen LogP contribution in [0.4, 0.5) is 15.8 Å². The Labute approximate surface area is 146 Å². The lowest BCUT2D eigenvalue weighted by Crippen LogP contribution is -2.38. The lowest BCUT2D eigenvalue weighted by Gasteiger charge is -2.33. The zero-order valence-electron chi connectivity index (χ0n) is 14.2. The fourth-order valence-corrected chi connectivity index (χ4v) is 3.12. The van der Waals surface area contributed by atoms with E-state index in [1.807, 2.05) is 11.0 Å². The van der Waals surface area contributed by atoms with Crippen molar-refractivity contribution in [3.05, 3.63) is 59.9 Å².